The van der Waals surface area contributed by atoms with Crippen LogP contribution in [0.4, 0.5) is 0 Å². The molecule has 3 nitrogen and oxygen atoms in total. The van der Waals surface area contributed by atoms with Gasteiger partial charge in [-0.05, 0) is 23.3 Å². The molecular formula is C19H12ClNO2. The summed E-state index contributed by atoms with van der Waals surface area (Å²) in [6.07, 6.45) is 1.03. The van der Waals surface area contributed by atoms with Gasteiger partial charge in [-0.1, -0.05) is 60.1 Å². The van der Waals surface area contributed by atoms with Crippen molar-refractivity contribution < 1.29 is 9.53 Å². The van der Waals surface area contributed by atoms with Crippen LogP contribution >= 0.6 is 11.6 Å². The molecule has 2 aromatic carbocycles. The maximum Gasteiger partial charge on any atom is 0.340 e. The Bertz CT molecular complexity index is 844. The first-order chi connectivity index (χ1) is 11.2. The Balaban J connectivity index is 1.71. The number of fused-ring (bicyclic) bond motifs is 3. The quantitative estimate of drug-likeness (QED) is 0.509. The Hall–Kier alpha value is -2.65. The molecule has 0 atom stereocenters. The van der Waals surface area contributed by atoms with Crippen LogP contribution in [0.15, 0.2) is 66.9 Å². The average Bonchev–Trinajstić information content (AvgIpc) is 2.90. The lowest BCUT2D eigenvalue weighted by Crippen LogP contribution is -2.11. The van der Waals surface area contributed by atoms with Crippen LogP contribution < -0.4 is 0 Å². The number of hydrogen-bond donors (Lipinski definition) is 0. The van der Waals surface area contributed by atoms with Crippen molar-refractivity contribution >= 4 is 17.6 Å². The minimum atomic E-state index is -0.411. The van der Waals surface area contributed by atoms with Gasteiger partial charge in [0.1, 0.15) is 5.15 Å². The molecule has 0 bridgehead atoms. The molecule has 0 fully saturated rings. The molecular weight excluding hydrogens is 310 g/mol. The van der Waals surface area contributed by atoms with Crippen molar-refractivity contribution in [2.75, 3.05) is 0 Å². The Labute approximate surface area is 138 Å². The Morgan fingerprint density at radius 2 is 1.52 bits per heavy atom. The third-order valence-electron chi connectivity index (χ3n) is 3.96. The molecule has 4 rings (SSSR count). The molecule has 0 saturated carbocycles. The number of rotatable bonds is 2. The first kappa shape index (κ1) is 14.0. The lowest BCUT2D eigenvalue weighted by Gasteiger charge is -2.15. The zero-order valence-electron chi connectivity index (χ0n) is 12.1. The number of aromatic nitrogens is 1. The number of nitrogens with zero attached hydrogens (tertiary/aromatic N) is 1. The summed E-state index contributed by atoms with van der Waals surface area (Å²) in [7, 11) is 0. The van der Waals surface area contributed by atoms with Gasteiger partial charge >= 0.3 is 5.97 Å². The number of hydrogen-bond acceptors (Lipinski definition) is 3. The van der Waals surface area contributed by atoms with E-state index in [1.54, 1.807) is 12.1 Å². The van der Waals surface area contributed by atoms with Gasteiger partial charge in [-0.15, -0.1) is 0 Å². The topological polar surface area (TPSA) is 39.2 Å². The summed E-state index contributed by atoms with van der Waals surface area (Å²) in [4.78, 5) is 16.4. The van der Waals surface area contributed by atoms with Crippen molar-refractivity contribution in [3.05, 3.63) is 88.7 Å². The van der Waals surface area contributed by atoms with Gasteiger partial charge in [0.15, 0.2) is 6.10 Å². The van der Waals surface area contributed by atoms with Crippen LogP contribution in [0.25, 0.3) is 11.1 Å². The highest BCUT2D eigenvalue weighted by molar-refractivity contribution is 6.29. The number of pyridine rings is 1. The van der Waals surface area contributed by atoms with E-state index in [4.69, 9.17) is 16.3 Å². The summed E-state index contributed by atoms with van der Waals surface area (Å²) in [5.74, 6) is -0.411. The Morgan fingerprint density at radius 3 is 2.09 bits per heavy atom. The lowest BCUT2D eigenvalue weighted by molar-refractivity contribution is 0.0385. The minimum absolute atomic E-state index is 0.345. The molecule has 0 aliphatic heterocycles. The zero-order chi connectivity index (χ0) is 15.8. The van der Waals surface area contributed by atoms with E-state index in [-0.39, 0.29) is 0 Å². The third-order valence-corrected chi connectivity index (χ3v) is 4.19. The number of esters is 1. The summed E-state index contributed by atoms with van der Waals surface area (Å²) in [6, 6.07) is 19.2. The van der Waals surface area contributed by atoms with Crippen LogP contribution in [0.5, 0.6) is 0 Å². The van der Waals surface area contributed by atoms with E-state index in [2.05, 4.69) is 4.98 Å². The van der Waals surface area contributed by atoms with Crippen LogP contribution in [0.2, 0.25) is 5.15 Å². The smallest absolute Gasteiger partial charge is 0.340 e. The molecule has 1 aliphatic carbocycles. The standard InChI is InChI=1S/C19H12ClNO2/c20-17-10-9-12(11-21-17)19(22)23-18-15-7-3-1-5-13(15)14-6-2-4-8-16(14)18/h1-11,18H. The monoisotopic (exact) mass is 321 g/mol. The lowest BCUT2D eigenvalue weighted by atomic mass is 10.1. The number of halogens is 1. The van der Waals surface area contributed by atoms with Gasteiger partial charge in [0.25, 0.3) is 0 Å². The SMILES string of the molecule is O=C(OC1c2ccccc2-c2ccccc21)c1ccc(Cl)nc1. The van der Waals surface area contributed by atoms with E-state index in [9.17, 15) is 4.79 Å². The minimum Gasteiger partial charge on any atom is -0.449 e. The predicted molar refractivity (Wildman–Crippen MR) is 88.4 cm³/mol. The molecule has 0 N–H and O–H groups in total. The number of carbonyl (C=O) groups is 1. The molecule has 4 heteroatoms. The highest BCUT2D eigenvalue weighted by Gasteiger charge is 2.31. The molecule has 0 unspecified atom stereocenters. The maximum absolute atomic E-state index is 12.4. The fourth-order valence-electron chi connectivity index (χ4n) is 2.91. The van der Waals surface area contributed by atoms with Crippen molar-refractivity contribution in [2.24, 2.45) is 0 Å². The molecule has 1 heterocycles. The summed E-state index contributed by atoms with van der Waals surface area (Å²) in [5, 5.41) is 0.345. The Kier molecular flexibility index (Phi) is 3.36. The van der Waals surface area contributed by atoms with Crippen molar-refractivity contribution in [3.63, 3.8) is 0 Å². The van der Waals surface area contributed by atoms with Gasteiger partial charge in [0, 0.05) is 17.3 Å². The van der Waals surface area contributed by atoms with Gasteiger partial charge in [0.05, 0.1) is 5.56 Å². The van der Waals surface area contributed by atoms with Crippen LogP contribution in [-0.4, -0.2) is 11.0 Å². The van der Waals surface area contributed by atoms with E-state index >= 15 is 0 Å². The average molecular weight is 322 g/mol. The second kappa shape index (κ2) is 5.52. The van der Waals surface area contributed by atoms with Crippen LogP contribution in [0.1, 0.15) is 27.6 Å². The number of ether oxygens (including phenoxy) is 1. The van der Waals surface area contributed by atoms with Crippen molar-refractivity contribution in [1.29, 1.82) is 0 Å². The molecule has 112 valence electrons. The zero-order valence-corrected chi connectivity index (χ0v) is 12.8. The third kappa shape index (κ3) is 2.39. The second-order valence-corrected chi connectivity index (χ2v) is 5.72. The van der Waals surface area contributed by atoms with Crippen LogP contribution in [-0.2, 0) is 4.74 Å². The first-order valence-corrected chi connectivity index (χ1v) is 7.62. The van der Waals surface area contributed by atoms with Gasteiger partial charge in [-0.25, -0.2) is 9.78 Å². The normalized spacial score (nSPS) is 12.6. The molecule has 0 spiro atoms. The molecule has 23 heavy (non-hydrogen) atoms. The van der Waals surface area contributed by atoms with Crippen molar-refractivity contribution in [3.8, 4) is 11.1 Å². The highest BCUT2D eigenvalue weighted by atomic mass is 35.5. The maximum atomic E-state index is 12.4. The molecule has 0 saturated heterocycles. The van der Waals surface area contributed by atoms with E-state index in [0.717, 1.165) is 22.3 Å². The van der Waals surface area contributed by atoms with Crippen molar-refractivity contribution in [2.45, 2.75) is 6.10 Å². The summed E-state index contributed by atoms with van der Waals surface area (Å²) >= 11 is 5.76. The van der Waals surface area contributed by atoms with Crippen molar-refractivity contribution in [1.82, 2.24) is 4.98 Å². The molecule has 0 radical (unpaired) electrons. The highest BCUT2D eigenvalue weighted by Crippen LogP contribution is 2.45. The van der Waals surface area contributed by atoms with Gasteiger partial charge in [-0.3, -0.25) is 0 Å². The fourth-order valence-corrected chi connectivity index (χ4v) is 3.02. The summed E-state index contributed by atoms with van der Waals surface area (Å²) in [6.45, 7) is 0. The number of carbonyl (C=O) groups excluding carboxylic acids is 1. The Morgan fingerprint density at radius 1 is 0.913 bits per heavy atom. The second-order valence-electron chi connectivity index (χ2n) is 5.33. The van der Waals surface area contributed by atoms with E-state index in [1.807, 2.05) is 48.5 Å². The van der Waals surface area contributed by atoms with E-state index in [1.165, 1.54) is 6.20 Å². The summed E-state index contributed by atoms with van der Waals surface area (Å²) in [5.41, 5.74) is 4.61. The first-order valence-electron chi connectivity index (χ1n) is 7.25. The van der Waals surface area contributed by atoms with Gasteiger partial charge < -0.3 is 4.74 Å². The molecule has 1 aliphatic rings. The number of benzene rings is 2. The molecule has 0 amide bonds. The fraction of sp³-hybridized carbons (Fsp3) is 0.0526. The molecule has 1 aromatic heterocycles. The van der Waals surface area contributed by atoms with E-state index < -0.39 is 12.1 Å². The van der Waals surface area contributed by atoms with Crippen LogP contribution in [0, 0.1) is 0 Å². The van der Waals surface area contributed by atoms with Gasteiger partial charge in [-0.2, -0.15) is 0 Å². The summed E-state index contributed by atoms with van der Waals surface area (Å²) < 4.78 is 5.77. The van der Waals surface area contributed by atoms with Crippen LogP contribution in [0.3, 0.4) is 0 Å². The predicted octanol–water partition coefficient (Wildman–Crippen LogP) is 4.66. The molecule has 3 aromatic rings. The largest absolute Gasteiger partial charge is 0.449 e. The van der Waals surface area contributed by atoms with Gasteiger partial charge in [0.2, 0.25) is 0 Å². The van der Waals surface area contributed by atoms with E-state index in [0.29, 0.717) is 10.7 Å².